The Labute approximate surface area is 47.8 Å². The van der Waals surface area contributed by atoms with Crippen LogP contribution in [0.2, 0.25) is 0 Å². The van der Waals surface area contributed by atoms with Crippen LogP contribution in [0, 0.1) is 10.1 Å². The van der Waals surface area contributed by atoms with Gasteiger partial charge in [-0.2, -0.15) is 0 Å². The van der Waals surface area contributed by atoms with Gasteiger partial charge >= 0.3 is 0 Å². The van der Waals surface area contributed by atoms with Gasteiger partial charge in [0.15, 0.2) is 0 Å². The largest absolute Gasteiger partial charge is 0.274 e. The minimum absolute atomic E-state index is 0.0972. The summed E-state index contributed by atoms with van der Waals surface area (Å²) in [6.07, 6.45) is 0.632. The zero-order valence-electron chi connectivity index (χ0n) is 4.83. The van der Waals surface area contributed by atoms with Crippen LogP contribution in [0.15, 0.2) is 0 Å². The Bertz CT molecular complexity index is 56.5. The van der Waals surface area contributed by atoms with Crippen molar-refractivity contribution in [3.63, 3.8) is 0 Å². The first-order chi connectivity index (χ1) is 3.77. The first-order valence-electron chi connectivity index (χ1n) is 2.22. The maximum absolute atomic E-state index is 9.40. The molecule has 0 rings (SSSR count). The fourth-order valence-corrected chi connectivity index (χ4v) is 0.183. The van der Waals surface area contributed by atoms with E-state index in [4.69, 9.17) is 0 Å². The summed E-state index contributed by atoms with van der Waals surface area (Å²) in [5.41, 5.74) is 0. The van der Waals surface area contributed by atoms with Crippen molar-refractivity contribution in [2.45, 2.75) is 13.3 Å². The third kappa shape index (κ3) is 18.4. The van der Waals surface area contributed by atoms with Crippen LogP contribution in [0.1, 0.15) is 13.3 Å². The Balaban J connectivity index is 0. The van der Waals surface area contributed by atoms with Crippen molar-refractivity contribution in [1.29, 1.82) is 0 Å². The van der Waals surface area contributed by atoms with Gasteiger partial charge < -0.3 is 0 Å². The molecule has 0 fully saturated rings. The lowest BCUT2D eigenvalue weighted by Crippen LogP contribution is -2.02. The van der Waals surface area contributed by atoms with E-state index in [0.717, 1.165) is 0 Å². The quantitative estimate of drug-likeness (QED) is 0.292. The molecule has 0 radical (unpaired) electrons. The molecule has 0 amide bonds. The summed E-state index contributed by atoms with van der Waals surface area (Å²) in [4.78, 5) is 9.09. The summed E-state index contributed by atoms with van der Waals surface area (Å²) in [7, 11) is 0. The van der Waals surface area contributed by atoms with E-state index in [9.17, 15) is 10.1 Å². The van der Waals surface area contributed by atoms with Gasteiger partial charge in [0.2, 0.25) is 6.54 Å². The molecule has 50 valence electrons. The molecule has 0 aromatic carbocycles. The van der Waals surface area contributed by atoms with Gasteiger partial charge in [-0.05, 0) is 0 Å². The van der Waals surface area contributed by atoms with E-state index in [2.05, 4.69) is 11.7 Å². The molecule has 8 heavy (non-hydrogen) atoms. The molecular weight excluding hydrogens is 110 g/mol. The summed E-state index contributed by atoms with van der Waals surface area (Å²) >= 11 is 0. The van der Waals surface area contributed by atoms with Crippen LogP contribution in [0.5, 0.6) is 0 Å². The van der Waals surface area contributed by atoms with Crippen LogP contribution in [-0.4, -0.2) is 11.5 Å². The first kappa shape index (κ1) is 10.3. The van der Waals surface area contributed by atoms with E-state index in [1.54, 1.807) is 6.92 Å². The van der Waals surface area contributed by atoms with Crippen LogP contribution in [0.25, 0.3) is 0 Å². The number of hydrogen-bond donors (Lipinski definition) is 2. The highest BCUT2D eigenvalue weighted by Gasteiger charge is 1.85. The van der Waals surface area contributed by atoms with E-state index in [0.29, 0.717) is 6.42 Å². The van der Waals surface area contributed by atoms with E-state index in [1.807, 2.05) is 0 Å². The molecule has 0 aliphatic rings. The molecule has 5 nitrogen and oxygen atoms in total. The summed E-state index contributed by atoms with van der Waals surface area (Å²) in [6, 6.07) is 0. The average Bonchev–Trinajstić information content (AvgIpc) is 1.72. The summed E-state index contributed by atoms with van der Waals surface area (Å²) in [5.74, 6) is 8.00. The molecule has 5 heteroatoms. The second-order valence-corrected chi connectivity index (χ2v) is 1.06. The topological polar surface area (TPSA) is 95.2 Å². The van der Waals surface area contributed by atoms with Gasteiger partial charge in [0.05, 0.1) is 0 Å². The van der Waals surface area contributed by atoms with E-state index >= 15 is 0 Å². The highest BCUT2D eigenvalue weighted by Crippen LogP contribution is 1.72. The van der Waals surface area contributed by atoms with Crippen LogP contribution in [0.4, 0.5) is 0 Å². The van der Waals surface area contributed by atoms with Crippen LogP contribution in [-0.2, 0) is 0 Å². The van der Waals surface area contributed by atoms with Gasteiger partial charge in [-0.15, -0.1) is 0 Å². The van der Waals surface area contributed by atoms with E-state index in [1.165, 1.54) is 0 Å². The van der Waals surface area contributed by atoms with Gasteiger partial charge in [-0.25, -0.2) is 0 Å². The zero-order valence-corrected chi connectivity index (χ0v) is 4.83. The smallest absolute Gasteiger partial charge is 0.203 e. The summed E-state index contributed by atoms with van der Waals surface area (Å²) < 4.78 is 0. The fraction of sp³-hybridized carbons (Fsp3) is 1.00. The summed E-state index contributed by atoms with van der Waals surface area (Å²) in [5, 5.41) is 9.40. The Kier molecular flexibility index (Phi) is 12.4. The number of hydrazine groups is 1. The predicted molar refractivity (Wildman–Crippen MR) is 30.5 cm³/mol. The minimum atomic E-state index is -0.319. The Hall–Kier alpha value is -0.680. The Morgan fingerprint density at radius 2 is 2.00 bits per heavy atom. The first-order valence-corrected chi connectivity index (χ1v) is 2.22. The lowest BCUT2D eigenvalue weighted by Gasteiger charge is -1.80. The molecule has 0 aromatic rings. The highest BCUT2D eigenvalue weighted by atomic mass is 16.6. The molecule has 0 aromatic heterocycles. The van der Waals surface area contributed by atoms with Crippen molar-refractivity contribution in [1.82, 2.24) is 0 Å². The lowest BCUT2D eigenvalue weighted by molar-refractivity contribution is -0.479. The Morgan fingerprint density at radius 3 is 2.00 bits per heavy atom. The van der Waals surface area contributed by atoms with Crippen LogP contribution >= 0.6 is 0 Å². The standard InChI is InChI=1S/C3H7NO2.H4N2/c1-2-3-4(5)6;1-2/h2-3H2,1H3;1-2H2. The molecule has 0 atom stereocenters. The number of nitro groups is 1. The number of rotatable bonds is 2. The third-order valence-corrected chi connectivity index (χ3v) is 0.406. The van der Waals surface area contributed by atoms with Crippen LogP contribution < -0.4 is 11.7 Å². The molecule has 0 saturated heterocycles. The molecule has 4 N–H and O–H groups in total. The maximum Gasteiger partial charge on any atom is 0.203 e. The maximum atomic E-state index is 9.40. The second kappa shape index (κ2) is 9.58. The molecule has 0 bridgehead atoms. The van der Waals surface area contributed by atoms with Gasteiger partial charge in [0, 0.05) is 11.3 Å². The second-order valence-electron chi connectivity index (χ2n) is 1.06. The van der Waals surface area contributed by atoms with Crippen molar-refractivity contribution in [3.05, 3.63) is 10.1 Å². The molecular formula is C3H11N3O2. The Morgan fingerprint density at radius 1 is 1.62 bits per heavy atom. The summed E-state index contributed by atoms with van der Waals surface area (Å²) in [6.45, 7) is 1.88. The third-order valence-electron chi connectivity index (χ3n) is 0.406. The average molecular weight is 121 g/mol. The van der Waals surface area contributed by atoms with Crippen molar-refractivity contribution in [3.8, 4) is 0 Å². The number of nitrogens with zero attached hydrogens (tertiary/aromatic N) is 1. The van der Waals surface area contributed by atoms with E-state index in [-0.39, 0.29) is 11.5 Å². The van der Waals surface area contributed by atoms with Crippen molar-refractivity contribution >= 4 is 0 Å². The zero-order chi connectivity index (χ0) is 6.99. The van der Waals surface area contributed by atoms with Crippen molar-refractivity contribution < 1.29 is 4.92 Å². The predicted octanol–water partition coefficient (Wildman–Crippen LogP) is -0.508. The minimum Gasteiger partial charge on any atom is -0.274 e. The van der Waals surface area contributed by atoms with Crippen molar-refractivity contribution in [2.24, 2.45) is 11.7 Å². The highest BCUT2D eigenvalue weighted by molar-refractivity contribution is 4.18. The molecule has 0 heterocycles. The van der Waals surface area contributed by atoms with Gasteiger partial charge in [0.25, 0.3) is 0 Å². The van der Waals surface area contributed by atoms with Gasteiger partial charge in [-0.3, -0.25) is 21.8 Å². The van der Waals surface area contributed by atoms with Crippen molar-refractivity contribution in [2.75, 3.05) is 6.54 Å². The molecule has 0 unspecified atom stereocenters. The fourth-order valence-electron chi connectivity index (χ4n) is 0.183. The molecule has 0 saturated carbocycles. The molecule has 0 aliphatic heterocycles. The van der Waals surface area contributed by atoms with Gasteiger partial charge in [-0.1, -0.05) is 6.92 Å². The number of hydrogen-bond acceptors (Lipinski definition) is 4. The van der Waals surface area contributed by atoms with E-state index < -0.39 is 0 Å². The lowest BCUT2D eigenvalue weighted by atomic mass is 10.5. The molecule has 0 aliphatic carbocycles. The normalized spacial score (nSPS) is 6.88. The number of nitrogens with two attached hydrogens (primary N) is 2. The van der Waals surface area contributed by atoms with Gasteiger partial charge in [0.1, 0.15) is 0 Å². The SMILES string of the molecule is CCC[N+](=O)[O-].NN. The monoisotopic (exact) mass is 121 g/mol. The molecule has 0 spiro atoms. The van der Waals surface area contributed by atoms with Crippen LogP contribution in [0.3, 0.4) is 0 Å².